The van der Waals surface area contributed by atoms with Gasteiger partial charge in [0.05, 0.1) is 0 Å². The van der Waals surface area contributed by atoms with Gasteiger partial charge < -0.3 is 14.7 Å². The van der Waals surface area contributed by atoms with E-state index in [1.165, 1.54) is 0 Å². The van der Waals surface area contributed by atoms with Crippen LogP contribution in [-0.4, -0.2) is 47.2 Å². The summed E-state index contributed by atoms with van der Waals surface area (Å²) in [6, 6.07) is 0. The molecular formula is C12H21NO4. The van der Waals surface area contributed by atoms with Crippen LogP contribution in [0.3, 0.4) is 0 Å². The molecule has 0 aromatic carbocycles. The van der Waals surface area contributed by atoms with Crippen molar-refractivity contribution in [3.63, 3.8) is 0 Å². The molecule has 1 amide bonds. The molecule has 17 heavy (non-hydrogen) atoms. The zero-order valence-corrected chi connectivity index (χ0v) is 10.7. The molecule has 1 rings (SSSR count). The zero-order valence-electron chi connectivity index (χ0n) is 10.7. The number of hydrogen-bond donors (Lipinski definition) is 1. The number of rotatable bonds is 5. The summed E-state index contributed by atoms with van der Waals surface area (Å²) in [4.78, 5) is 24.6. The molecule has 5 heteroatoms. The Hall–Kier alpha value is -1.10. The predicted molar refractivity (Wildman–Crippen MR) is 62.6 cm³/mol. The first-order valence-corrected chi connectivity index (χ1v) is 6.12. The molecule has 0 aromatic rings. The van der Waals surface area contributed by atoms with E-state index >= 15 is 0 Å². The van der Waals surface area contributed by atoms with Crippen LogP contribution in [0.5, 0.6) is 0 Å². The number of hydrogen-bond acceptors (Lipinski definition) is 3. The molecule has 0 aliphatic carbocycles. The van der Waals surface area contributed by atoms with Crippen molar-refractivity contribution < 1.29 is 19.4 Å². The molecule has 1 fully saturated rings. The monoisotopic (exact) mass is 243 g/mol. The van der Waals surface area contributed by atoms with E-state index in [0.717, 1.165) is 0 Å². The van der Waals surface area contributed by atoms with Gasteiger partial charge in [-0.15, -0.1) is 0 Å². The number of carboxylic acids is 1. The third-order valence-electron chi connectivity index (χ3n) is 2.85. The van der Waals surface area contributed by atoms with Crippen molar-refractivity contribution in [2.45, 2.75) is 45.8 Å². The van der Waals surface area contributed by atoms with Crippen LogP contribution in [0.25, 0.3) is 0 Å². The van der Waals surface area contributed by atoms with Crippen LogP contribution in [0.15, 0.2) is 0 Å². The molecule has 1 N–H and O–H groups in total. The van der Waals surface area contributed by atoms with Crippen molar-refractivity contribution >= 4 is 11.9 Å². The van der Waals surface area contributed by atoms with Gasteiger partial charge in [0.2, 0.25) is 0 Å². The van der Waals surface area contributed by atoms with E-state index in [2.05, 4.69) is 0 Å². The van der Waals surface area contributed by atoms with Crippen molar-refractivity contribution in [1.29, 1.82) is 0 Å². The fraction of sp³-hybridized carbons (Fsp3) is 0.833. The second-order valence-corrected chi connectivity index (χ2v) is 4.80. The quantitative estimate of drug-likeness (QED) is 0.785. The average molecular weight is 243 g/mol. The Kier molecular flexibility index (Phi) is 4.93. The molecule has 0 radical (unpaired) electrons. The molecule has 0 spiro atoms. The lowest BCUT2D eigenvalue weighted by molar-refractivity contribution is -0.154. The van der Waals surface area contributed by atoms with Crippen molar-refractivity contribution in [2.24, 2.45) is 5.92 Å². The van der Waals surface area contributed by atoms with Crippen LogP contribution in [-0.2, 0) is 14.3 Å². The van der Waals surface area contributed by atoms with Gasteiger partial charge in [0, 0.05) is 13.1 Å². The fourth-order valence-electron chi connectivity index (χ4n) is 2.02. The van der Waals surface area contributed by atoms with Gasteiger partial charge in [-0.3, -0.25) is 4.79 Å². The summed E-state index contributed by atoms with van der Waals surface area (Å²) in [7, 11) is 0. The molecular weight excluding hydrogens is 222 g/mol. The molecule has 1 aliphatic rings. The van der Waals surface area contributed by atoms with E-state index in [-0.39, 0.29) is 5.91 Å². The summed E-state index contributed by atoms with van der Waals surface area (Å²) >= 11 is 0. The van der Waals surface area contributed by atoms with E-state index in [0.29, 0.717) is 31.8 Å². The largest absolute Gasteiger partial charge is 0.479 e. The molecule has 0 saturated carbocycles. The first-order chi connectivity index (χ1) is 7.95. The van der Waals surface area contributed by atoms with Crippen molar-refractivity contribution in [3.05, 3.63) is 0 Å². The van der Waals surface area contributed by atoms with Crippen LogP contribution < -0.4 is 0 Å². The molecule has 98 valence electrons. The van der Waals surface area contributed by atoms with Gasteiger partial charge in [-0.25, -0.2) is 4.79 Å². The lowest BCUT2D eigenvalue weighted by Gasteiger charge is -2.25. The van der Waals surface area contributed by atoms with Gasteiger partial charge in [-0.05, 0) is 25.7 Å². The summed E-state index contributed by atoms with van der Waals surface area (Å²) in [5, 5.41) is 8.80. The van der Waals surface area contributed by atoms with Gasteiger partial charge in [0.25, 0.3) is 5.91 Å². The minimum Gasteiger partial charge on any atom is -0.479 e. The zero-order chi connectivity index (χ0) is 13.0. The minimum absolute atomic E-state index is 0.0787. The van der Waals surface area contributed by atoms with Crippen molar-refractivity contribution in [3.8, 4) is 0 Å². The SMILES string of the molecule is CCN(CC(C)C)C(=O)[C@@H]1CC[C@H](C(=O)O)O1. The Bertz CT molecular complexity index is 290. The number of aliphatic carboxylic acids is 1. The molecule has 1 aliphatic heterocycles. The number of carboxylic acid groups (broad SMARTS) is 1. The molecule has 0 aromatic heterocycles. The predicted octanol–water partition coefficient (Wildman–Crippen LogP) is 1.12. The normalized spacial score (nSPS) is 24.0. The van der Waals surface area contributed by atoms with Crippen LogP contribution in [0.2, 0.25) is 0 Å². The number of nitrogens with zero attached hydrogens (tertiary/aromatic N) is 1. The summed E-state index contributed by atoms with van der Waals surface area (Å²) in [5.41, 5.74) is 0. The average Bonchev–Trinajstić information content (AvgIpc) is 2.73. The Balaban J connectivity index is 2.55. The van der Waals surface area contributed by atoms with Gasteiger partial charge in [0.15, 0.2) is 6.10 Å². The Labute approximate surface area is 102 Å². The number of amides is 1. The lowest BCUT2D eigenvalue weighted by atomic mass is 10.1. The Morgan fingerprint density at radius 2 is 1.94 bits per heavy atom. The van der Waals surface area contributed by atoms with E-state index in [9.17, 15) is 9.59 Å². The van der Waals surface area contributed by atoms with E-state index in [4.69, 9.17) is 9.84 Å². The molecule has 0 bridgehead atoms. The number of likely N-dealkylation sites (N-methyl/N-ethyl adjacent to an activating group) is 1. The number of carbonyl (C=O) groups is 2. The summed E-state index contributed by atoms with van der Waals surface area (Å²) in [6.45, 7) is 7.34. The van der Waals surface area contributed by atoms with Crippen molar-refractivity contribution in [1.82, 2.24) is 4.90 Å². The minimum atomic E-state index is -0.979. The molecule has 1 saturated heterocycles. The summed E-state index contributed by atoms with van der Waals surface area (Å²) in [6.07, 6.45) is -0.466. The molecule has 2 atom stereocenters. The highest BCUT2D eigenvalue weighted by Crippen LogP contribution is 2.21. The van der Waals surface area contributed by atoms with Crippen LogP contribution >= 0.6 is 0 Å². The van der Waals surface area contributed by atoms with E-state index < -0.39 is 18.2 Å². The van der Waals surface area contributed by atoms with Crippen molar-refractivity contribution in [2.75, 3.05) is 13.1 Å². The van der Waals surface area contributed by atoms with Gasteiger partial charge in [-0.2, -0.15) is 0 Å². The molecule has 1 heterocycles. The Morgan fingerprint density at radius 3 is 2.35 bits per heavy atom. The highest BCUT2D eigenvalue weighted by molar-refractivity contribution is 5.82. The summed E-state index contributed by atoms with van der Waals surface area (Å²) in [5.74, 6) is -0.660. The number of carbonyl (C=O) groups excluding carboxylic acids is 1. The molecule has 0 unspecified atom stereocenters. The third kappa shape index (κ3) is 3.70. The first kappa shape index (κ1) is 14.0. The standard InChI is InChI=1S/C12H21NO4/c1-4-13(7-8(2)3)11(14)9-5-6-10(17-9)12(15)16/h8-10H,4-7H2,1-3H3,(H,15,16)/t9-,10+/m0/s1. The first-order valence-electron chi connectivity index (χ1n) is 6.12. The van der Waals surface area contributed by atoms with Crippen LogP contribution in [0, 0.1) is 5.92 Å². The third-order valence-corrected chi connectivity index (χ3v) is 2.85. The smallest absolute Gasteiger partial charge is 0.332 e. The summed E-state index contributed by atoms with van der Waals surface area (Å²) < 4.78 is 5.26. The second-order valence-electron chi connectivity index (χ2n) is 4.80. The molecule has 5 nitrogen and oxygen atoms in total. The topological polar surface area (TPSA) is 66.8 Å². The van der Waals surface area contributed by atoms with Gasteiger partial charge in [0.1, 0.15) is 6.10 Å². The Morgan fingerprint density at radius 1 is 1.35 bits per heavy atom. The fourth-order valence-corrected chi connectivity index (χ4v) is 2.02. The highest BCUT2D eigenvalue weighted by atomic mass is 16.5. The van der Waals surface area contributed by atoms with Gasteiger partial charge in [-0.1, -0.05) is 13.8 Å². The number of ether oxygens (including phenoxy) is 1. The highest BCUT2D eigenvalue weighted by Gasteiger charge is 2.36. The van der Waals surface area contributed by atoms with Crippen LogP contribution in [0.1, 0.15) is 33.6 Å². The lowest BCUT2D eigenvalue weighted by Crippen LogP contribution is -2.41. The second kappa shape index (κ2) is 6.00. The maximum atomic E-state index is 12.1. The maximum Gasteiger partial charge on any atom is 0.332 e. The van der Waals surface area contributed by atoms with E-state index in [1.54, 1.807) is 4.90 Å². The maximum absolute atomic E-state index is 12.1. The van der Waals surface area contributed by atoms with E-state index in [1.807, 2.05) is 20.8 Å². The van der Waals surface area contributed by atoms with Gasteiger partial charge >= 0.3 is 5.97 Å². The van der Waals surface area contributed by atoms with Crippen LogP contribution in [0.4, 0.5) is 0 Å².